The minimum absolute atomic E-state index is 0.254. The van der Waals surface area contributed by atoms with Gasteiger partial charge in [-0.25, -0.2) is 0 Å². The molecule has 1 amide bonds. The predicted octanol–water partition coefficient (Wildman–Crippen LogP) is 2.42. The fraction of sp³-hybridized carbons (Fsp3) is 0.200. The van der Waals surface area contributed by atoms with Crippen molar-refractivity contribution in [2.75, 3.05) is 26.2 Å². The van der Waals surface area contributed by atoms with Gasteiger partial charge in [0.1, 0.15) is 12.6 Å². The fourth-order valence-corrected chi connectivity index (χ4v) is 2.80. The summed E-state index contributed by atoms with van der Waals surface area (Å²) in [6, 6.07) is 15.6. The van der Waals surface area contributed by atoms with Crippen LogP contribution >= 0.6 is 0 Å². The average Bonchev–Trinajstić information content (AvgIpc) is 2.78. The van der Waals surface area contributed by atoms with Crippen LogP contribution in [0.3, 0.4) is 0 Å². The van der Waals surface area contributed by atoms with Gasteiger partial charge in [-0.15, -0.1) is 13.2 Å². The molecule has 0 spiro atoms. The van der Waals surface area contributed by atoms with Crippen molar-refractivity contribution in [1.29, 1.82) is 0 Å². The molecule has 0 radical (unpaired) electrons. The van der Waals surface area contributed by atoms with Gasteiger partial charge in [-0.05, 0) is 36.4 Å². The average molecular weight is 402 g/mol. The van der Waals surface area contributed by atoms with E-state index in [9.17, 15) is 14.7 Å². The third-order valence-electron chi connectivity index (χ3n) is 4.34. The van der Waals surface area contributed by atoms with E-state index >= 15 is 0 Å². The number of rotatable bonds is 10. The molecular formula is C25H26N2O3. The lowest BCUT2D eigenvalue weighted by Crippen LogP contribution is -2.49. The third-order valence-corrected chi connectivity index (χ3v) is 4.34. The van der Waals surface area contributed by atoms with Crippen LogP contribution in [0.25, 0.3) is 0 Å². The number of Topliss-reactive ketones (excluding diaryl/α,β-unsaturated/α-hetero) is 1. The molecule has 0 saturated heterocycles. The number of carbonyl (C=O) groups excluding carboxylic acids is 2. The Hall–Kier alpha value is -3.46. The molecule has 0 aromatic heterocycles. The molecule has 0 aliphatic rings. The summed E-state index contributed by atoms with van der Waals surface area (Å²) in [6.45, 7) is 8.07. The number of carbonyl (C=O) groups is 2. The highest BCUT2D eigenvalue weighted by Crippen LogP contribution is 2.06. The summed E-state index contributed by atoms with van der Waals surface area (Å²) in [5, 5.41) is 12.0. The molecule has 2 rings (SSSR count). The molecule has 0 unspecified atom stereocenters. The van der Waals surface area contributed by atoms with Crippen LogP contribution in [-0.4, -0.2) is 54.0 Å². The number of hydrogen-bond donors (Lipinski definition) is 2. The first-order valence-electron chi connectivity index (χ1n) is 9.63. The highest BCUT2D eigenvalue weighted by molar-refractivity contribution is 5.98. The van der Waals surface area contributed by atoms with Crippen LogP contribution in [0.4, 0.5) is 0 Å². The maximum Gasteiger partial charge on any atom is 0.251 e. The van der Waals surface area contributed by atoms with Crippen LogP contribution in [0.5, 0.6) is 0 Å². The second kappa shape index (κ2) is 12.2. The third kappa shape index (κ3) is 7.17. The summed E-state index contributed by atoms with van der Waals surface area (Å²) in [4.78, 5) is 26.7. The highest BCUT2D eigenvalue weighted by Gasteiger charge is 2.22. The molecular weight excluding hydrogens is 376 g/mol. The van der Waals surface area contributed by atoms with Gasteiger partial charge >= 0.3 is 0 Å². The zero-order valence-corrected chi connectivity index (χ0v) is 16.9. The minimum atomic E-state index is -0.833. The molecule has 5 nitrogen and oxygen atoms in total. The molecule has 1 atom stereocenters. The fourth-order valence-electron chi connectivity index (χ4n) is 2.80. The van der Waals surface area contributed by atoms with E-state index in [1.807, 2.05) is 35.2 Å². The molecule has 0 aliphatic carbocycles. The highest BCUT2D eigenvalue weighted by atomic mass is 16.3. The summed E-state index contributed by atoms with van der Waals surface area (Å²) in [5.74, 6) is 5.28. The maximum absolute atomic E-state index is 12.6. The molecule has 2 N–H and O–H groups in total. The van der Waals surface area contributed by atoms with Gasteiger partial charge in [-0.2, -0.15) is 0 Å². The Labute approximate surface area is 177 Å². The first-order valence-corrected chi connectivity index (χ1v) is 9.63. The van der Waals surface area contributed by atoms with E-state index in [1.165, 1.54) is 0 Å². The van der Waals surface area contributed by atoms with Crippen molar-refractivity contribution in [3.8, 4) is 11.8 Å². The van der Waals surface area contributed by atoms with Crippen LogP contribution in [0.2, 0.25) is 0 Å². The molecule has 0 aliphatic heterocycles. The summed E-state index contributed by atoms with van der Waals surface area (Å²) in [5.41, 5.74) is 2.10. The number of aliphatic hydroxyl groups is 1. The second-order valence-corrected chi connectivity index (χ2v) is 6.64. The van der Waals surface area contributed by atoms with E-state index in [-0.39, 0.29) is 12.5 Å². The Morgan fingerprint density at radius 1 is 0.967 bits per heavy atom. The quantitative estimate of drug-likeness (QED) is 0.473. The van der Waals surface area contributed by atoms with Crippen LogP contribution in [-0.2, 0) is 4.79 Å². The van der Waals surface area contributed by atoms with E-state index in [0.717, 1.165) is 11.1 Å². The van der Waals surface area contributed by atoms with Crippen molar-refractivity contribution in [2.24, 2.45) is 0 Å². The van der Waals surface area contributed by atoms with Gasteiger partial charge in [-0.3, -0.25) is 14.5 Å². The lowest BCUT2D eigenvalue weighted by atomic mass is 10.1. The van der Waals surface area contributed by atoms with Crippen molar-refractivity contribution in [3.05, 3.63) is 96.6 Å². The Kier molecular flexibility index (Phi) is 9.26. The number of amides is 1. The first-order chi connectivity index (χ1) is 14.6. The predicted molar refractivity (Wildman–Crippen MR) is 119 cm³/mol. The number of ketones is 1. The van der Waals surface area contributed by atoms with Crippen molar-refractivity contribution in [3.63, 3.8) is 0 Å². The molecule has 2 aromatic carbocycles. The Morgan fingerprint density at radius 3 is 2.07 bits per heavy atom. The van der Waals surface area contributed by atoms with E-state index in [0.29, 0.717) is 18.7 Å². The lowest BCUT2D eigenvalue weighted by Gasteiger charge is -2.25. The molecule has 0 bridgehead atoms. The van der Waals surface area contributed by atoms with Gasteiger partial charge < -0.3 is 10.4 Å². The van der Waals surface area contributed by atoms with Crippen LogP contribution in [0, 0.1) is 11.8 Å². The number of benzene rings is 2. The van der Waals surface area contributed by atoms with Crippen molar-refractivity contribution in [2.45, 2.75) is 6.04 Å². The van der Waals surface area contributed by atoms with E-state index in [4.69, 9.17) is 0 Å². The van der Waals surface area contributed by atoms with Crippen LogP contribution in [0.15, 0.2) is 79.9 Å². The SMILES string of the molecule is C=CCN(CC=C)C[C@H](NC(=O)c1ccc(C#Cc2ccccc2)cc1)C(=O)CO. The molecule has 0 saturated carbocycles. The smallest absolute Gasteiger partial charge is 0.251 e. The summed E-state index contributed by atoms with van der Waals surface area (Å²) in [7, 11) is 0. The zero-order chi connectivity index (χ0) is 21.8. The van der Waals surface area contributed by atoms with Crippen LogP contribution < -0.4 is 5.32 Å². The minimum Gasteiger partial charge on any atom is -0.388 e. The maximum atomic E-state index is 12.6. The van der Waals surface area contributed by atoms with Crippen molar-refractivity contribution in [1.82, 2.24) is 10.2 Å². The van der Waals surface area contributed by atoms with Crippen molar-refractivity contribution < 1.29 is 14.7 Å². The van der Waals surface area contributed by atoms with Gasteiger partial charge in [0.05, 0.1) is 0 Å². The molecule has 2 aromatic rings. The van der Waals surface area contributed by atoms with Gasteiger partial charge in [0.2, 0.25) is 0 Å². The number of aliphatic hydroxyl groups excluding tert-OH is 1. The lowest BCUT2D eigenvalue weighted by molar-refractivity contribution is -0.124. The van der Waals surface area contributed by atoms with E-state index < -0.39 is 18.4 Å². The van der Waals surface area contributed by atoms with Crippen LogP contribution in [0.1, 0.15) is 21.5 Å². The molecule has 5 heteroatoms. The topological polar surface area (TPSA) is 69.6 Å². The van der Waals surface area contributed by atoms with Crippen molar-refractivity contribution >= 4 is 11.7 Å². The Bertz CT molecular complexity index is 914. The monoisotopic (exact) mass is 402 g/mol. The number of nitrogens with one attached hydrogen (secondary N) is 1. The van der Waals surface area contributed by atoms with E-state index in [1.54, 1.807) is 36.4 Å². The summed E-state index contributed by atoms with van der Waals surface area (Å²) < 4.78 is 0. The molecule has 0 fully saturated rings. The normalized spacial score (nSPS) is 11.1. The van der Waals surface area contributed by atoms with Gasteiger partial charge in [0.15, 0.2) is 5.78 Å². The second-order valence-electron chi connectivity index (χ2n) is 6.64. The van der Waals surface area contributed by atoms with E-state index in [2.05, 4.69) is 30.3 Å². The van der Waals surface area contributed by atoms with Gasteiger partial charge in [-0.1, -0.05) is 42.2 Å². The standard InChI is InChI=1S/C25H26N2O3/c1-3-16-27(17-4-2)18-23(24(29)19-28)26-25(30)22-14-12-21(13-15-22)11-10-20-8-6-5-7-9-20/h3-9,12-15,23,28H,1-2,16-19H2,(H,26,30)/t23-/m0/s1. The number of nitrogens with zero attached hydrogens (tertiary/aromatic N) is 1. The zero-order valence-electron chi connectivity index (χ0n) is 16.9. The first kappa shape index (κ1) is 22.8. The Balaban J connectivity index is 2.07. The summed E-state index contributed by atoms with van der Waals surface area (Å²) in [6.07, 6.45) is 3.42. The van der Waals surface area contributed by atoms with Gasteiger partial charge in [0.25, 0.3) is 5.91 Å². The molecule has 30 heavy (non-hydrogen) atoms. The Morgan fingerprint density at radius 2 is 1.53 bits per heavy atom. The number of hydrogen-bond acceptors (Lipinski definition) is 4. The molecule has 0 heterocycles. The summed E-state index contributed by atoms with van der Waals surface area (Å²) >= 11 is 0. The van der Waals surface area contributed by atoms with Gasteiger partial charge in [0, 0.05) is 36.3 Å². The largest absolute Gasteiger partial charge is 0.388 e. The molecule has 154 valence electrons.